The van der Waals surface area contributed by atoms with Crippen LogP contribution in [0.15, 0.2) is 15.4 Å². The summed E-state index contributed by atoms with van der Waals surface area (Å²) in [5, 5.41) is 12.9. The molecule has 0 spiro atoms. The summed E-state index contributed by atoms with van der Waals surface area (Å²) in [4.78, 5) is 8.79. The van der Waals surface area contributed by atoms with Crippen LogP contribution in [-0.4, -0.2) is 33.8 Å². The molecule has 0 saturated heterocycles. The van der Waals surface area contributed by atoms with Crippen LogP contribution in [0.5, 0.6) is 0 Å². The number of ether oxygens (including phenoxy) is 1. The van der Waals surface area contributed by atoms with Crippen molar-refractivity contribution in [3.8, 4) is 0 Å². The van der Waals surface area contributed by atoms with Crippen molar-refractivity contribution < 1.29 is 4.74 Å². The predicted octanol–water partition coefficient (Wildman–Crippen LogP) is 2.37. The molecule has 1 N–H and O–H groups in total. The first-order valence-corrected chi connectivity index (χ1v) is 7.46. The molecule has 19 heavy (non-hydrogen) atoms. The van der Waals surface area contributed by atoms with Crippen LogP contribution in [-0.2, 0) is 11.3 Å². The molecule has 0 aliphatic heterocycles. The van der Waals surface area contributed by atoms with Crippen LogP contribution in [0.4, 0.5) is 5.82 Å². The Hall–Kier alpha value is -1.25. The van der Waals surface area contributed by atoms with Gasteiger partial charge in [-0.05, 0) is 25.6 Å². The van der Waals surface area contributed by atoms with Gasteiger partial charge in [0.1, 0.15) is 22.5 Å². The van der Waals surface area contributed by atoms with Crippen LogP contribution in [0.25, 0.3) is 0 Å². The number of hydrogen-bond donors (Lipinski definition) is 1. The van der Waals surface area contributed by atoms with Gasteiger partial charge in [0.25, 0.3) is 0 Å². The van der Waals surface area contributed by atoms with Crippen molar-refractivity contribution in [2.45, 2.75) is 29.8 Å². The van der Waals surface area contributed by atoms with E-state index in [1.165, 1.54) is 11.8 Å². The number of nitrogens with zero attached hydrogens (tertiary/aromatic N) is 4. The monoisotopic (exact) mass is 297 g/mol. The van der Waals surface area contributed by atoms with Gasteiger partial charge in [-0.2, -0.15) is 0 Å². The summed E-state index contributed by atoms with van der Waals surface area (Å²) in [6.45, 7) is 4.93. The van der Waals surface area contributed by atoms with Gasteiger partial charge in [-0.15, -0.1) is 10.2 Å². The Bertz CT molecular complexity index is 546. The Morgan fingerprint density at radius 2 is 2.21 bits per heavy atom. The fourth-order valence-electron chi connectivity index (χ4n) is 1.32. The molecule has 8 heteroatoms. The zero-order valence-corrected chi connectivity index (χ0v) is 12.6. The molecule has 2 aromatic heterocycles. The van der Waals surface area contributed by atoms with Crippen LogP contribution < -0.4 is 5.32 Å². The SMILES string of the molecule is CCOCc1nc(NC)cc(Sc2nnc(C)s2)n1. The fraction of sp³-hybridized carbons (Fsp3) is 0.455. The summed E-state index contributed by atoms with van der Waals surface area (Å²) < 4.78 is 6.22. The number of nitrogens with one attached hydrogen (secondary N) is 1. The molecule has 0 saturated carbocycles. The molecule has 0 fully saturated rings. The average Bonchev–Trinajstić information content (AvgIpc) is 2.81. The molecule has 2 aromatic rings. The van der Waals surface area contributed by atoms with Crippen LogP contribution in [0.3, 0.4) is 0 Å². The Morgan fingerprint density at radius 1 is 1.37 bits per heavy atom. The smallest absolute Gasteiger partial charge is 0.180 e. The summed E-state index contributed by atoms with van der Waals surface area (Å²) in [6, 6.07) is 1.89. The zero-order chi connectivity index (χ0) is 13.7. The van der Waals surface area contributed by atoms with Gasteiger partial charge in [0.2, 0.25) is 0 Å². The first-order valence-electron chi connectivity index (χ1n) is 5.82. The Morgan fingerprint density at radius 3 is 2.84 bits per heavy atom. The van der Waals surface area contributed by atoms with Crippen molar-refractivity contribution in [3.05, 3.63) is 16.9 Å². The van der Waals surface area contributed by atoms with E-state index in [9.17, 15) is 0 Å². The predicted molar refractivity (Wildman–Crippen MR) is 75.7 cm³/mol. The molecule has 2 heterocycles. The zero-order valence-electron chi connectivity index (χ0n) is 11.0. The minimum atomic E-state index is 0.411. The second-order valence-corrected chi connectivity index (χ2v) is 6.03. The quantitative estimate of drug-likeness (QED) is 0.820. The third kappa shape index (κ3) is 4.12. The van der Waals surface area contributed by atoms with E-state index in [4.69, 9.17) is 4.74 Å². The molecular weight excluding hydrogens is 282 g/mol. The third-order valence-electron chi connectivity index (χ3n) is 2.14. The van der Waals surface area contributed by atoms with Gasteiger partial charge in [0.05, 0.1) is 0 Å². The second kappa shape index (κ2) is 6.78. The van der Waals surface area contributed by atoms with Gasteiger partial charge in [-0.25, -0.2) is 9.97 Å². The van der Waals surface area contributed by atoms with E-state index in [1.807, 2.05) is 27.0 Å². The summed E-state index contributed by atoms with van der Waals surface area (Å²) in [7, 11) is 1.83. The first-order chi connectivity index (χ1) is 9.21. The number of rotatable bonds is 6. The summed E-state index contributed by atoms with van der Waals surface area (Å²) in [6.07, 6.45) is 0. The topological polar surface area (TPSA) is 72.8 Å². The van der Waals surface area contributed by atoms with Crippen molar-refractivity contribution in [2.24, 2.45) is 0 Å². The third-order valence-corrected chi connectivity index (χ3v) is 3.95. The Labute approximate surface area is 120 Å². The molecule has 6 nitrogen and oxygen atoms in total. The van der Waals surface area contributed by atoms with E-state index in [0.717, 1.165) is 20.2 Å². The van der Waals surface area contributed by atoms with E-state index >= 15 is 0 Å². The van der Waals surface area contributed by atoms with Gasteiger partial charge in [-0.3, -0.25) is 0 Å². The minimum Gasteiger partial charge on any atom is -0.374 e. The highest BCUT2D eigenvalue weighted by Gasteiger charge is 2.08. The maximum absolute atomic E-state index is 5.34. The molecule has 0 atom stereocenters. The van der Waals surface area contributed by atoms with Gasteiger partial charge in [0, 0.05) is 19.7 Å². The number of hydrogen-bond acceptors (Lipinski definition) is 8. The highest BCUT2D eigenvalue weighted by Crippen LogP contribution is 2.29. The van der Waals surface area contributed by atoms with Gasteiger partial charge in [0.15, 0.2) is 10.2 Å². The molecule has 0 unspecified atom stereocenters. The molecule has 0 aromatic carbocycles. The summed E-state index contributed by atoms with van der Waals surface area (Å²) in [5.74, 6) is 1.44. The van der Waals surface area contributed by atoms with E-state index in [0.29, 0.717) is 19.0 Å². The van der Waals surface area contributed by atoms with Crippen LogP contribution in [0.2, 0.25) is 0 Å². The lowest BCUT2D eigenvalue weighted by Gasteiger charge is -2.06. The average molecular weight is 297 g/mol. The molecule has 0 aliphatic rings. The molecule has 0 bridgehead atoms. The standard InChI is InChI=1S/C11H15N5OS2/c1-4-17-6-9-13-8(12-3)5-10(14-9)19-11-16-15-7(2)18-11/h5H,4,6H2,1-3H3,(H,12,13,14). The van der Waals surface area contributed by atoms with Crippen molar-refractivity contribution in [1.82, 2.24) is 20.2 Å². The van der Waals surface area contributed by atoms with E-state index in [2.05, 4.69) is 25.5 Å². The second-order valence-electron chi connectivity index (χ2n) is 3.58. The molecule has 2 rings (SSSR count). The number of anilines is 1. The molecule has 102 valence electrons. The first kappa shape index (κ1) is 14.2. The molecule has 0 radical (unpaired) electrons. The van der Waals surface area contributed by atoms with E-state index < -0.39 is 0 Å². The lowest BCUT2D eigenvalue weighted by molar-refractivity contribution is 0.128. The maximum atomic E-state index is 5.34. The van der Waals surface area contributed by atoms with Crippen molar-refractivity contribution >= 4 is 28.9 Å². The Kier molecular flexibility index (Phi) is 5.06. The Balaban J connectivity index is 2.18. The van der Waals surface area contributed by atoms with Gasteiger partial charge < -0.3 is 10.1 Å². The number of aryl methyl sites for hydroxylation is 1. The highest BCUT2D eigenvalue weighted by molar-refractivity contribution is 8.01. The summed E-state index contributed by atoms with van der Waals surface area (Å²) in [5.41, 5.74) is 0. The normalized spacial score (nSPS) is 10.7. The molecule has 0 amide bonds. The summed E-state index contributed by atoms with van der Waals surface area (Å²) >= 11 is 3.03. The van der Waals surface area contributed by atoms with Crippen molar-refractivity contribution in [3.63, 3.8) is 0 Å². The van der Waals surface area contributed by atoms with Gasteiger partial charge in [-0.1, -0.05) is 11.3 Å². The molecule has 0 aliphatic carbocycles. The lowest BCUT2D eigenvalue weighted by Crippen LogP contribution is -2.03. The van der Waals surface area contributed by atoms with Gasteiger partial charge >= 0.3 is 0 Å². The van der Waals surface area contributed by atoms with Crippen molar-refractivity contribution in [1.29, 1.82) is 0 Å². The fourth-order valence-corrected chi connectivity index (χ4v) is 3.10. The minimum absolute atomic E-state index is 0.411. The maximum Gasteiger partial charge on any atom is 0.180 e. The highest BCUT2D eigenvalue weighted by atomic mass is 32.2. The molecular formula is C11H15N5OS2. The lowest BCUT2D eigenvalue weighted by atomic mass is 10.5. The van der Waals surface area contributed by atoms with Crippen LogP contribution >= 0.6 is 23.1 Å². The largest absolute Gasteiger partial charge is 0.374 e. The van der Waals surface area contributed by atoms with Crippen LogP contribution in [0, 0.1) is 6.92 Å². The van der Waals surface area contributed by atoms with E-state index in [-0.39, 0.29) is 0 Å². The number of aromatic nitrogens is 4. The van der Waals surface area contributed by atoms with E-state index in [1.54, 1.807) is 11.3 Å². The van der Waals surface area contributed by atoms with Crippen molar-refractivity contribution in [2.75, 3.05) is 19.0 Å². The van der Waals surface area contributed by atoms with Crippen LogP contribution in [0.1, 0.15) is 17.8 Å².